The number of nitrogens with zero attached hydrogens (tertiary/aromatic N) is 2. The van der Waals surface area contributed by atoms with Gasteiger partial charge in [0.1, 0.15) is 5.75 Å². The highest BCUT2D eigenvalue weighted by atomic mass is 32.1. The van der Waals surface area contributed by atoms with E-state index >= 15 is 0 Å². The molecular weight excluding hydrogens is 342 g/mol. The van der Waals surface area contributed by atoms with E-state index in [-0.39, 0.29) is 5.91 Å². The van der Waals surface area contributed by atoms with Gasteiger partial charge in [-0.2, -0.15) is 0 Å². The van der Waals surface area contributed by atoms with Crippen LogP contribution in [0.2, 0.25) is 0 Å². The third-order valence-corrected chi connectivity index (χ3v) is 4.76. The maximum absolute atomic E-state index is 12.3. The fourth-order valence-corrected chi connectivity index (χ4v) is 3.39. The van der Waals surface area contributed by atoms with E-state index in [1.807, 2.05) is 23.6 Å². The van der Waals surface area contributed by atoms with Gasteiger partial charge in [-0.3, -0.25) is 4.79 Å². The van der Waals surface area contributed by atoms with Crippen LogP contribution in [-0.4, -0.2) is 15.9 Å². The van der Waals surface area contributed by atoms with Crippen molar-refractivity contribution in [2.24, 2.45) is 0 Å². The molecule has 0 saturated heterocycles. The van der Waals surface area contributed by atoms with Crippen molar-refractivity contribution in [3.05, 3.63) is 65.1 Å². The third-order valence-electron chi connectivity index (χ3n) is 3.32. The molecule has 5 nitrogen and oxygen atoms in total. The van der Waals surface area contributed by atoms with Gasteiger partial charge in [0.05, 0.1) is 15.7 Å². The van der Waals surface area contributed by atoms with E-state index in [2.05, 4.69) is 15.3 Å². The minimum Gasteiger partial charge on any atom is -0.431 e. The summed E-state index contributed by atoms with van der Waals surface area (Å²) in [5, 5.41) is 5.31. The molecule has 7 heteroatoms. The number of aromatic nitrogens is 2. The van der Waals surface area contributed by atoms with Gasteiger partial charge < -0.3 is 10.1 Å². The highest BCUT2D eigenvalue weighted by molar-refractivity contribution is 7.16. The molecule has 2 aromatic carbocycles. The molecule has 4 aromatic rings. The molecule has 118 valence electrons. The van der Waals surface area contributed by atoms with Gasteiger partial charge in [0, 0.05) is 22.8 Å². The van der Waals surface area contributed by atoms with Crippen molar-refractivity contribution in [3.8, 4) is 10.9 Å². The molecule has 0 aliphatic heterocycles. The van der Waals surface area contributed by atoms with Gasteiger partial charge in [0.15, 0.2) is 0 Å². The smallest absolute Gasteiger partial charge is 0.278 e. The molecule has 0 unspecified atom stereocenters. The van der Waals surface area contributed by atoms with E-state index in [1.54, 1.807) is 47.3 Å². The molecule has 4 rings (SSSR count). The summed E-state index contributed by atoms with van der Waals surface area (Å²) in [4.78, 5) is 20.6. The molecule has 0 spiro atoms. The molecule has 0 aliphatic rings. The predicted molar refractivity (Wildman–Crippen MR) is 96.2 cm³/mol. The van der Waals surface area contributed by atoms with Crippen molar-refractivity contribution in [2.75, 3.05) is 5.32 Å². The molecule has 2 heterocycles. The number of thiazole rings is 2. The number of anilines is 1. The lowest BCUT2D eigenvalue weighted by Crippen LogP contribution is -2.11. The average molecular weight is 353 g/mol. The Balaban J connectivity index is 1.47. The Hall–Kier alpha value is -2.77. The lowest BCUT2D eigenvalue weighted by Gasteiger charge is -2.06. The molecule has 0 saturated carbocycles. The Labute approximate surface area is 145 Å². The number of ether oxygens (including phenoxy) is 1. The summed E-state index contributed by atoms with van der Waals surface area (Å²) >= 11 is 2.96. The number of nitrogens with one attached hydrogen (secondary N) is 1. The first-order chi connectivity index (χ1) is 11.8. The standard InChI is InChI=1S/C17H11N3O2S2/c21-16(20-12-3-6-14-15(9-12)24-10-19-14)11-1-4-13(5-2-11)22-17-18-7-8-23-17/h1-10H,(H,20,21). The van der Waals surface area contributed by atoms with E-state index in [1.165, 1.54) is 11.3 Å². The fraction of sp³-hybridized carbons (Fsp3) is 0. The van der Waals surface area contributed by atoms with Gasteiger partial charge in [0.25, 0.3) is 11.1 Å². The van der Waals surface area contributed by atoms with E-state index in [4.69, 9.17) is 4.74 Å². The van der Waals surface area contributed by atoms with Crippen LogP contribution in [0.4, 0.5) is 5.69 Å². The van der Waals surface area contributed by atoms with Crippen molar-refractivity contribution in [2.45, 2.75) is 0 Å². The van der Waals surface area contributed by atoms with Gasteiger partial charge in [-0.1, -0.05) is 11.3 Å². The van der Waals surface area contributed by atoms with Crippen LogP contribution < -0.4 is 10.1 Å². The number of hydrogen-bond donors (Lipinski definition) is 1. The summed E-state index contributed by atoms with van der Waals surface area (Å²) in [7, 11) is 0. The van der Waals surface area contributed by atoms with Gasteiger partial charge >= 0.3 is 0 Å². The first-order valence-corrected chi connectivity index (χ1v) is 8.86. The maximum Gasteiger partial charge on any atom is 0.278 e. The summed E-state index contributed by atoms with van der Waals surface area (Å²) in [6.07, 6.45) is 1.68. The quantitative estimate of drug-likeness (QED) is 0.572. The van der Waals surface area contributed by atoms with Gasteiger partial charge in [-0.05, 0) is 42.5 Å². The van der Waals surface area contributed by atoms with Crippen molar-refractivity contribution >= 4 is 44.5 Å². The zero-order valence-corrected chi connectivity index (χ0v) is 13.9. The number of fused-ring (bicyclic) bond motifs is 1. The first kappa shape index (κ1) is 14.8. The van der Waals surface area contributed by atoms with E-state index in [0.717, 1.165) is 15.9 Å². The monoisotopic (exact) mass is 353 g/mol. The molecule has 2 aromatic heterocycles. The largest absolute Gasteiger partial charge is 0.431 e. The topological polar surface area (TPSA) is 64.1 Å². The van der Waals surface area contributed by atoms with E-state index in [9.17, 15) is 4.79 Å². The molecule has 0 fully saturated rings. The minimum atomic E-state index is -0.167. The van der Waals surface area contributed by atoms with Crippen LogP contribution in [0.15, 0.2) is 59.6 Å². The second-order valence-electron chi connectivity index (χ2n) is 4.91. The van der Waals surface area contributed by atoms with Crippen LogP contribution >= 0.6 is 22.7 Å². The van der Waals surface area contributed by atoms with Crippen molar-refractivity contribution in [1.82, 2.24) is 9.97 Å². The van der Waals surface area contributed by atoms with Crippen LogP contribution in [0.3, 0.4) is 0 Å². The summed E-state index contributed by atoms with van der Waals surface area (Å²) in [6, 6.07) is 12.6. The first-order valence-electron chi connectivity index (χ1n) is 7.10. The van der Waals surface area contributed by atoms with Gasteiger partial charge in [-0.15, -0.1) is 11.3 Å². The Bertz CT molecular complexity index is 979. The van der Waals surface area contributed by atoms with Gasteiger partial charge in [0.2, 0.25) is 0 Å². The van der Waals surface area contributed by atoms with Crippen molar-refractivity contribution < 1.29 is 9.53 Å². The number of hydrogen-bond acceptors (Lipinski definition) is 6. The van der Waals surface area contributed by atoms with Gasteiger partial charge in [-0.25, -0.2) is 9.97 Å². The number of carbonyl (C=O) groups is 1. The zero-order valence-electron chi connectivity index (χ0n) is 12.3. The van der Waals surface area contributed by atoms with E-state index < -0.39 is 0 Å². The molecule has 0 radical (unpaired) electrons. The van der Waals surface area contributed by atoms with E-state index in [0.29, 0.717) is 16.5 Å². The lowest BCUT2D eigenvalue weighted by atomic mass is 10.2. The summed E-state index contributed by atoms with van der Waals surface area (Å²) in [5.74, 6) is 0.479. The Morgan fingerprint density at radius 3 is 2.71 bits per heavy atom. The molecular formula is C17H11N3O2S2. The molecule has 0 bridgehead atoms. The summed E-state index contributed by atoms with van der Waals surface area (Å²) < 4.78 is 6.62. The summed E-state index contributed by atoms with van der Waals surface area (Å²) in [6.45, 7) is 0. The minimum absolute atomic E-state index is 0.167. The Morgan fingerprint density at radius 1 is 1.04 bits per heavy atom. The molecule has 1 amide bonds. The molecule has 24 heavy (non-hydrogen) atoms. The SMILES string of the molecule is O=C(Nc1ccc2ncsc2c1)c1ccc(Oc2nccs2)cc1. The maximum atomic E-state index is 12.3. The fourth-order valence-electron chi connectivity index (χ4n) is 2.17. The average Bonchev–Trinajstić information content (AvgIpc) is 3.26. The number of carbonyl (C=O) groups excluding carboxylic acids is 1. The van der Waals surface area contributed by atoms with Crippen LogP contribution in [-0.2, 0) is 0 Å². The zero-order chi connectivity index (χ0) is 16.4. The normalized spacial score (nSPS) is 10.7. The third kappa shape index (κ3) is 3.12. The predicted octanol–water partition coefficient (Wildman–Crippen LogP) is 4.80. The highest BCUT2D eigenvalue weighted by Crippen LogP contribution is 2.24. The van der Waals surface area contributed by atoms with Crippen LogP contribution in [0.25, 0.3) is 10.2 Å². The number of rotatable bonds is 4. The Morgan fingerprint density at radius 2 is 1.92 bits per heavy atom. The number of benzene rings is 2. The van der Waals surface area contributed by atoms with Crippen LogP contribution in [0.5, 0.6) is 10.9 Å². The highest BCUT2D eigenvalue weighted by Gasteiger charge is 2.08. The second kappa shape index (κ2) is 6.38. The molecule has 0 atom stereocenters. The van der Waals surface area contributed by atoms with Crippen molar-refractivity contribution in [3.63, 3.8) is 0 Å². The number of amides is 1. The Kier molecular flexibility index (Phi) is 3.94. The summed E-state index contributed by atoms with van der Waals surface area (Å²) in [5.41, 5.74) is 4.03. The second-order valence-corrected chi connectivity index (χ2v) is 6.66. The van der Waals surface area contributed by atoms with Crippen LogP contribution in [0, 0.1) is 0 Å². The van der Waals surface area contributed by atoms with Crippen LogP contribution in [0.1, 0.15) is 10.4 Å². The molecule has 1 N–H and O–H groups in total. The van der Waals surface area contributed by atoms with Crippen molar-refractivity contribution in [1.29, 1.82) is 0 Å². The lowest BCUT2D eigenvalue weighted by molar-refractivity contribution is 0.102. The molecule has 0 aliphatic carbocycles.